The molecule has 146 valence electrons. The van der Waals surface area contributed by atoms with E-state index in [-0.39, 0.29) is 12.1 Å². The summed E-state index contributed by atoms with van der Waals surface area (Å²) in [5.74, 6) is -0.686. The molecule has 0 bridgehead atoms. The van der Waals surface area contributed by atoms with Crippen molar-refractivity contribution in [3.63, 3.8) is 0 Å². The standard InChI is InChI=1S/C17H11F8NO/c18-15(19,20)12-8-9-26-13(10-12)3-1-2-11-4-6-14(7-5-11)27-17(24,25)16(21,22)23/h1-2,4-10H,3H2. The lowest BCUT2D eigenvalue weighted by Gasteiger charge is -2.20. The third-order valence-corrected chi connectivity index (χ3v) is 3.24. The Kier molecular flexibility index (Phi) is 5.76. The molecule has 0 aliphatic heterocycles. The first-order valence-electron chi connectivity index (χ1n) is 7.31. The Balaban J connectivity index is 2.01. The predicted octanol–water partition coefficient (Wildman–Crippen LogP) is 5.89. The zero-order valence-corrected chi connectivity index (χ0v) is 13.3. The minimum Gasteiger partial charge on any atom is -0.426 e. The average Bonchev–Trinajstić information content (AvgIpc) is 2.55. The maximum Gasteiger partial charge on any atom is 0.499 e. The summed E-state index contributed by atoms with van der Waals surface area (Å²) in [7, 11) is 0. The zero-order valence-electron chi connectivity index (χ0n) is 13.3. The van der Waals surface area contributed by atoms with Gasteiger partial charge in [-0.25, -0.2) is 0 Å². The lowest BCUT2D eigenvalue weighted by molar-refractivity contribution is -0.360. The summed E-state index contributed by atoms with van der Waals surface area (Å²) < 4.78 is 103. The second-order valence-electron chi connectivity index (χ2n) is 5.33. The molecule has 0 unspecified atom stereocenters. The van der Waals surface area contributed by atoms with Gasteiger partial charge in [-0.15, -0.1) is 0 Å². The van der Waals surface area contributed by atoms with Crippen LogP contribution < -0.4 is 4.74 Å². The van der Waals surface area contributed by atoms with Gasteiger partial charge in [-0.1, -0.05) is 24.3 Å². The predicted molar refractivity (Wildman–Crippen MR) is 80.0 cm³/mol. The summed E-state index contributed by atoms with van der Waals surface area (Å²) in [5, 5.41) is 0. The van der Waals surface area contributed by atoms with Gasteiger partial charge in [0.25, 0.3) is 0 Å². The summed E-state index contributed by atoms with van der Waals surface area (Å²) in [6, 6.07) is 6.00. The number of hydrogen-bond donors (Lipinski definition) is 0. The molecule has 1 heterocycles. The van der Waals surface area contributed by atoms with Gasteiger partial charge in [0.1, 0.15) is 5.75 Å². The van der Waals surface area contributed by atoms with E-state index < -0.39 is 29.8 Å². The second-order valence-corrected chi connectivity index (χ2v) is 5.33. The molecule has 0 saturated heterocycles. The molecule has 27 heavy (non-hydrogen) atoms. The summed E-state index contributed by atoms with van der Waals surface area (Å²) in [6.45, 7) is 0. The molecule has 2 rings (SSSR count). The number of aromatic nitrogens is 1. The lowest BCUT2D eigenvalue weighted by atomic mass is 10.1. The first-order valence-corrected chi connectivity index (χ1v) is 7.31. The van der Waals surface area contributed by atoms with Crippen LogP contribution in [0.4, 0.5) is 35.1 Å². The fraction of sp³-hybridized carbons (Fsp3) is 0.235. The van der Waals surface area contributed by atoms with Crippen LogP contribution in [-0.4, -0.2) is 17.3 Å². The molecule has 1 aromatic carbocycles. The Morgan fingerprint density at radius 1 is 0.889 bits per heavy atom. The molecule has 2 nitrogen and oxygen atoms in total. The lowest BCUT2D eigenvalue weighted by Crippen LogP contribution is -2.41. The second kappa shape index (κ2) is 7.53. The number of alkyl halides is 8. The van der Waals surface area contributed by atoms with E-state index in [1.165, 1.54) is 24.3 Å². The van der Waals surface area contributed by atoms with E-state index in [9.17, 15) is 35.1 Å². The summed E-state index contributed by atoms with van der Waals surface area (Å²) >= 11 is 0. The van der Waals surface area contributed by atoms with Gasteiger partial charge in [0, 0.05) is 18.3 Å². The Morgan fingerprint density at radius 3 is 2.07 bits per heavy atom. The van der Waals surface area contributed by atoms with Crippen LogP contribution in [0.3, 0.4) is 0 Å². The van der Waals surface area contributed by atoms with Crippen molar-refractivity contribution >= 4 is 6.08 Å². The molecule has 0 fully saturated rings. The molecule has 0 N–H and O–H groups in total. The SMILES string of the molecule is FC(F)(F)c1ccnc(CC=Cc2ccc(OC(F)(F)C(F)(F)F)cc2)c1. The molecule has 1 aromatic heterocycles. The molecule has 2 aromatic rings. The molecule has 0 spiro atoms. The number of ether oxygens (including phenoxy) is 1. The summed E-state index contributed by atoms with van der Waals surface area (Å²) in [6.07, 6.45) is -11.6. The van der Waals surface area contributed by atoms with Crippen LogP contribution in [0.25, 0.3) is 6.08 Å². The molecular weight excluding hydrogens is 386 g/mol. The highest BCUT2D eigenvalue weighted by molar-refractivity contribution is 5.51. The van der Waals surface area contributed by atoms with E-state index in [1.54, 1.807) is 0 Å². The van der Waals surface area contributed by atoms with Crippen molar-refractivity contribution in [3.05, 3.63) is 65.5 Å². The van der Waals surface area contributed by atoms with Gasteiger partial charge < -0.3 is 4.74 Å². The van der Waals surface area contributed by atoms with Crippen LogP contribution in [0.15, 0.2) is 48.7 Å². The van der Waals surface area contributed by atoms with Gasteiger partial charge in [-0.3, -0.25) is 4.98 Å². The number of hydrogen-bond acceptors (Lipinski definition) is 2. The highest BCUT2D eigenvalue weighted by atomic mass is 19.4. The fourth-order valence-corrected chi connectivity index (χ4v) is 1.93. The van der Waals surface area contributed by atoms with Crippen molar-refractivity contribution in [2.24, 2.45) is 0 Å². The molecule has 0 radical (unpaired) electrons. The molecule has 10 heteroatoms. The van der Waals surface area contributed by atoms with Gasteiger partial charge in [-0.05, 0) is 29.8 Å². The third-order valence-electron chi connectivity index (χ3n) is 3.24. The number of nitrogens with zero attached hydrogens (tertiary/aromatic N) is 1. The number of benzene rings is 1. The number of halogens is 8. The van der Waals surface area contributed by atoms with Crippen LogP contribution >= 0.6 is 0 Å². The zero-order chi connectivity index (χ0) is 20.3. The first-order chi connectivity index (χ1) is 12.4. The topological polar surface area (TPSA) is 22.1 Å². The van der Waals surface area contributed by atoms with Crippen LogP contribution in [0, 0.1) is 0 Å². The molecule has 0 saturated carbocycles. The van der Waals surface area contributed by atoms with Crippen LogP contribution in [0.2, 0.25) is 0 Å². The maximum atomic E-state index is 12.8. The minimum atomic E-state index is -5.84. The van der Waals surface area contributed by atoms with Gasteiger partial charge in [0.15, 0.2) is 0 Å². The first kappa shape index (κ1) is 20.7. The van der Waals surface area contributed by atoms with Gasteiger partial charge in [0.05, 0.1) is 5.56 Å². The van der Waals surface area contributed by atoms with E-state index in [2.05, 4.69) is 9.72 Å². The third kappa shape index (κ3) is 5.66. The fourth-order valence-electron chi connectivity index (χ4n) is 1.93. The summed E-state index contributed by atoms with van der Waals surface area (Å²) in [4.78, 5) is 3.80. The molecular formula is C17H11F8NO. The van der Waals surface area contributed by atoms with Gasteiger partial charge >= 0.3 is 18.5 Å². The van der Waals surface area contributed by atoms with E-state index in [4.69, 9.17) is 0 Å². The molecule has 0 aliphatic carbocycles. The van der Waals surface area contributed by atoms with E-state index >= 15 is 0 Å². The van der Waals surface area contributed by atoms with E-state index in [0.717, 1.165) is 30.5 Å². The van der Waals surface area contributed by atoms with Crippen molar-refractivity contribution in [1.29, 1.82) is 0 Å². The van der Waals surface area contributed by atoms with Crippen molar-refractivity contribution in [2.75, 3.05) is 0 Å². The highest BCUT2D eigenvalue weighted by Gasteiger charge is 2.61. The summed E-state index contributed by atoms with van der Waals surface area (Å²) in [5.41, 5.74) is -0.261. The highest BCUT2D eigenvalue weighted by Crippen LogP contribution is 2.37. The molecule has 0 amide bonds. The number of pyridine rings is 1. The number of rotatable bonds is 5. The van der Waals surface area contributed by atoms with Crippen LogP contribution in [0.1, 0.15) is 16.8 Å². The normalized spacial score (nSPS) is 13.2. The Hall–Kier alpha value is -2.65. The van der Waals surface area contributed by atoms with E-state index in [1.807, 2.05) is 0 Å². The minimum absolute atomic E-state index is 0.0638. The van der Waals surface area contributed by atoms with Crippen LogP contribution in [0.5, 0.6) is 5.75 Å². The van der Waals surface area contributed by atoms with E-state index in [0.29, 0.717) is 5.56 Å². The largest absolute Gasteiger partial charge is 0.499 e. The number of allylic oxidation sites excluding steroid dienone is 1. The van der Waals surface area contributed by atoms with Crippen molar-refractivity contribution in [1.82, 2.24) is 4.98 Å². The van der Waals surface area contributed by atoms with Gasteiger partial charge in [0.2, 0.25) is 0 Å². The van der Waals surface area contributed by atoms with Crippen LogP contribution in [-0.2, 0) is 12.6 Å². The quantitative estimate of drug-likeness (QED) is 0.587. The Morgan fingerprint density at radius 2 is 1.52 bits per heavy atom. The Labute approximate surface area is 148 Å². The molecule has 0 aliphatic rings. The maximum absolute atomic E-state index is 12.8. The van der Waals surface area contributed by atoms with Crippen molar-refractivity contribution in [3.8, 4) is 5.75 Å². The van der Waals surface area contributed by atoms with Gasteiger partial charge in [-0.2, -0.15) is 35.1 Å². The smallest absolute Gasteiger partial charge is 0.426 e. The average molecular weight is 397 g/mol. The van der Waals surface area contributed by atoms with Crippen molar-refractivity contribution < 1.29 is 39.9 Å². The Bertz CT molecular complexity index is 794. The molecule has 0 atom stereocenters. The monoisotopic (exact) mass is 397 g/mol. The van der Waals surface area contributed by atoms with Crippen molar-refractivity contribution in [2.45, 2.75) is 24.9 Å².